The Morgan fingerprint density at radius 3 is 1.26 bits per heavy atom. The van der Waals surface area contributed by atoms with Gasteiger partial charge in [0.1, 0.15) is 23.0 Å². The van der Waals surface area contributed by atoms with Crippen molar-refractivity contribution in [1.82, 2.24) is 0 Å². The average Bonchev–Trinajstić information content (AvgIpc) is 3.96. The molecule has 9 aromatic rings. The maximum absolute atomic E-state index is 6.05. The van der Waals surface area contributed by atoms with Crippen molar-refractivity contribution >= 4 is 63.3 Å². The Morgan fingerprint density at radius 2 is 0.800 bits per heavy atom. The van der Waals surface area contributed by atoms with Crippen molar-refractivity contribution in [3.05, 3.63) is 199 Å². The van der Waals surface area contributed by atoms with Gasteiger partial charge < -0.3 is 13.7 Å². The van der Waals surface area contributed by atoms with E-state index in [0.717, 1.165) is 34.2 Å². The molecule has 316 valence electrons. The van der Waals surface area contributed by atoms with Crippen LogP contribution in [-0.2, 0) is 10.8 Å². The third-order valence-electron chi connectivity index (χ3n) is 13.8. The highest BCUT2D eigenvalue weighted by molar-refractivity contribution is 7.02. The van der Waals surface area contributed by atoms with E-state index in [4.69, 9.17) is 8.83 Å². The van der Waals surface area contributed by atoms with Crippen LogP contribution in [0.15, 0.2) is 185 Å². The highest BCUT2D eigenvalue weighted by atomic mass is 16.3. The fourth-order valence-electron chi connectivity index (χ4n) is 10.2. The molecule has 7 aromatic carbocycles. The van der Waals surface area contributed by atoms with E-state index in [9.17, 15) is 0 Å². The van der Waals surface area contributed by atoms with Crippen molar-refractivity contribution in [3.63, 3.8) is 0 Å². The van der Waals surface area contributed by atoms with Gasteiger partial charge in [0.2, 0.25) is 13.4 Å². The zero-order valence-electron chi connectivity index (χ0n) is 38.7. The Morgan fingerprint density at radius 1 is 0.369 bits per heavy atom. The summed E-state index contributed by atoms with van der Waals surface area (Å²) in [6.07, 6.45) is 0. The van der Waals surface area contributed by atoms with E-state index in [2.05, 4.69) is 210 Å². The van der Waals surface area contributed by atoms with Crippen LogP contribution in [0, 0.1) is 13.8 Å². The van der Waals surface area contributed by atoms with Crippen molar-refractivity contribution < 1.29 is 8.83 Å². The molecule has 2 aliphatic heterocycles. The van der Waals surface area contributed by atoms with Crippen LogP contribution < -0.4 is 37.7 Å². The molecule has 0 atom stereocenters. The molecule has 0 spiro atoms. The predicted molar refractivity (Wildman–Crippen MR) is 276 cm³/mol. The number of para-hydroxylation sites is 1. The van der Waals surface area contributed by atoms with Gasteiger partial charge in [-0.1, -0.05) is 192 Å². The summed E-state index contributed by atoms with van der Waals surface area (Å²) >= 11 is 0. The highest BCUT2D eigenvalue weighted by Gasteiger charge is 2.44. The molecule has 0 bridgehead atoms. The van der Waals surface area contributed by atoms with E-state index < -0.39 is 0 Å². The lowest BCUT2D eigenvalue weighted by Crippen LogP contribution is -2.65. The quantitative estimate of drug-likeness (QED) is 0.156. The second-order valence-corrected chi connectivity index (χ2v) is 20.3. The molecule has 2 aromatic heterocycles. The van der Waals surface area contributed by atoms with Crippen LogP contribution in [0.4, 0.5) is 17.1 Å². The molecule has 4 heterocycles. The van der Waals surface area contributed by atoms with E-state index in [-0.39, 0.29) is 24.3 Å². The molecule has 3 nitrogen and oxygen atoms in total. The van der Waals surface area contributed by atoms with Crippen LogP contribution in [0.3, 0.4) is 0 Å². The van der Waals surface area contributed by atoms with Crippen LogP contribution >= 0.6 is 0 Å². The minimum absolute atomic E-state index is 0.0119. The van der Waals surface area contributed by atoms with Crippen LogP contribution in [-0.4, -0.2) is 13.4 Å². The number of fused-ring (bicyclic) bond motifs is 4. The van der Waals surface area contributed by atoms with Crippen molar-refractivity contribution in [2.24, 2.45) is 0 Å². The minimum Gasteiger partial charge on any atom is -0.461 e. The molecule has 65 heavy (non-hydrogen) atoms. The maximum Gasteiger partial charge on any atom is 0.246 e. The predicted octanol–water partition coefficient (Wildman–Crippen LogP) is 11.9. The first kappa shape index (κ1) is 40.8. The number of rotatable bonds is 6. The summed E-state index contributed by atoms with van der Waals surface area (Å²) in [5, 5.41) is 0. The van der Waals surface area contributed by atoms with E-state index in [1.165, 1.54) is 83.2 Å². The molecule has 2 aliphatic rings. The zero-order chi connectivity index (χ0) is 44.8. The summed E-state index contributed by atoms with van der Waals surface area (Å²) in [4.78, 5) is 2.59. The molecule has 0 amide bonds. The smallest absolute Gasteiger partial charge is 0.246 e. The summed E-state index contributed by atoms with van der Waals surface area (Å²) in [6, 6.07) is 66.0. The van der Waals surface area contributed by atoms with Gasteiger partial charge in [0.25, 0.3) is 0 Å². The first-order valence-electron chi connectivity index (χ1n) is 23.0. The van der Waals surface area contributed by atoms with Gasteiger partial charge in [-0.25, -0.2) is 0 Å². The van der Waals surface area contributed by atoms with Gasteiger partial charge in [-0.2, -0.15) is 0 Å². The van der Waals surface area contributed by atoms with Crippen LogP contribution in [0.25, 0.3) is 44.9 Å². The SMILES string of the molecule is Cc1ccc(-c2ccc(-c3cc4c5c(c3)B(c3ccc(C(C)(C)C)cc3)c3ccc(-c6ccc(-c7ccc(C)o7)cc6)cc3N5c3ccccc3B4c3ccc(C(C)(C)C)cc3)cc2)o1. The highest BCUT2D eigenvalue weighted by Crippen LogP contribution is 2.41. The summed E-state index contributed by atoms with van der Waals surface area (Å²) in [7, 11) is 0. The van der Waals surface area contributed by atoms with E-state index in [0.29, 0.717) is 0 Å². The average molecular weight is 842 g/mol. The Labute approximate surface area is 385 Å². The standard InChI is InChI=1S/C60H53B2NO2/c1-38-13-33-56(64-38)42-19-15-40(16-20-42)44-23-32-51-55(37-44)63-54-12-10-9-11-50(54)61(48-28-24-46(25-29-48)59(3,4)5)52-35-45(41-17-21-43(22-18-41)57-34-14-39(2)65-57)36-53(58(52)63)62(51)49-30-26-47(27-31-49)60(6,7)8/h9-37H,1-8H3. The van der Waals surface area contributed by atoms with Crippen molar-refractivity contribution in [2.75, 3.05) is 4.90 Å². The topological polar surface area (TPSA) is 29.5 Å². The van der Waals surface area contributed by atoms with Crippen molar-refractivity contribution in [3.8, 4) is 44.9 Å². The summed E-state index contributed by atoms with van der Waals surface area (Å²) in [5.41, 5.74) is 21.2. The molecule has 0 radical (unpaired) electrons. The fourth-order valence-corrected chi connectivity index (χ4v) is 10.2. The first-order valence-corrected chi connectivity index (χ1v) is 23.0. The number of furan rings is 2. The van der Waals surface area contributed by atoms with Gasteiger partial charge >= 0.3 is 0 Å². The van der Waals surface area contributed by atoms with Crippen LogP contribution in [0.1, 0.15) is 64.2 Å². The molecule has 11 rings (SSSR count). The first-order chi connectivity index (χ1) is 31.3. The van der Waals surface area contributed by atoms with Crippen molar-refractivity contribution in [2.45, 2.75) is 66.2 Å². The van der Waals surface area contributed by atoms with E-state index in [1.807, 2.05) is 26.0 Å². The summed E-state index contributed by atoms with van der Waals surface area (Å²) < 4.78 is 12.0. The van der Waals surface area contributed by atoms with Gasteiger partial charge in [0, 0.05) is 28.2 Å². The minimum atomic E-state index is -0.0119. The molecule has 5 heteroatoms. The molecule has 0 saturated carbocycles. The van der Waals surface area contributed by atoms with Crippen molar-refractivity contribution in [1.29, 1.82) is 0 Å². The van der Waals surface area contributed by atoms with E-state index in [1.54, 1.807) is 0 Å². The van der Waals surface area contributed by atoms with Gasteiger partial charge in [-0.3, -0.25) is 0 Å². The number of benzene rings is 7. The van der Waals surface area contributed by atoms with Gasteiger partial charge in [0.15, 0.2) is 0 Å². The normalized spacial score (nSPS) is 13.1. The van der Waals surface area contributed by atoms with Crippen LogP contribution in [0.5, 0.6) is 0 Å². The second-order valence-electron chi connectivity index (χ2n) is 20.3. The largest absolute Gasteiger partial charge is 0.461 e. The van der Waals surface area contributed by atoms with Gasteiger partial charge in [-0.15, -0.1) is 0 Å². The van der Waals surface area contributed by atoms with Crippen LogP contribution in [0.2, 0.25) is 0 Å². The Kier molecular flexibility index (Phi) is 9.62. The Hall–Kier alpha value is -6.97. The van der Waals surface area contributed by atoms with Gasteiger partial charge in [0.05, 0.1) is 0 Å². The molecular formula is C60H53B2NO2. The Balaban J connectivity index is 1.15. The lowest BCUT2D eigenvalue weighted by Gasteiger charge is -2.44. The zero-order valence-corrected chi connectivity index (χ0v) is 38.7. The number of anilines is 3. The maximum atomic E-state index is 6.05. The number of nitrogens with zero attached hydrogens (tertiary/aromatic N) is 1. The molecule has 0 unspecified atom stereocenters. The summed E-state index contributed by atoms with van der Waals surface area (Å²) in [6.45, 7) is 17.8. The van der Waals surface area contributed by atoms with Gasteiger partial charge in [-0.05, 0) is 116 Å². The second kappa shape index (κ2) is 15.3. The molecule has 0 fully saturated rings. The molecule has 0 aliphatic carbocycles. The molecule has 0 saturated heterocycles. The summed E-state index contributed by atoms with van der Waals surface area (Å²) in [5.74, 6) is 3.60. The number of hydrogen-bond acceptors (Lipinski definition) is 3. The lowest BCUT2D eigenvalue weighted by molar-refractivity contribution is 0.548. The molecular weight excluding hydrogens is 788 g/mol. The third-order valence-corrected chi connectivity index (χ3v) is 13.8. The lowest BCUT2D eigenvalue weighted by atomic mass is 9.30. The fraction of sp³-hybridized carbons (Fsp3) is 0.167. The monoisotopic (exact) mass is 841 g/mol. The molecule has 0 N–H and O–H groups in total. The number of hydrogen-bond donors (Lipinski definition) is 0. The third kappa shape index (κ3) is 7.19. The number of aryl methyl sites for hydroxylation is 2. The Bertz CT molecular complexity index is 3210. The van der Waals surface area contributed by atoms with E-state index >= 15 is 0 Å².